The minimum atomic E-state index is -3.84. The van der Waals surface area contributed by atoms with E-state index >= 15 is 0 Å². The van der Waals surface area contributed by atoms with Crippen molar-refractivity contribution in [3.63, 3.8) is 0 Å². The second-order valence-electron chi connectivity index (χ2n) is 4.10. The summed E-state index contributed by atoms with van der Waals surface area (Å²) in [5, 5.41) is 0. The van der Waals surface area contributed by atoms with Crippen LogP contribution in [-0.2, 0) is 20.0 Å². The van der Waals surface area contributed by atoms with Crippen LogP contribution in [0.3, 0.4) is 0 Å². The van der Waals surface area contributed by atoms with Crippen LogP contribution in [0.15, 0.2) is 23.1 Å². The largest absolute Gasteiger partial charge is 0.396 e. The highest BCUT2D eigenvalue weighted by Crippen LogP contribution is 2.15. The number of hydrogen-bond acceptors (Lipinski definition) is 5. The number of hydrogen-bond donors (Lipinski definition) is 3. The molecule has 1 rings (SSSR count). The van der Waals surface area contributed by atoms with Crippen LogP contribution in [0.1, 0.15) is 6.42 Å². The maximum absolute atomic E-state index is 13.2. The van der Waals surface area contributed by atoms with Crippen LogP contribution in [-0.4, -0.2) is 36.2 Å². The van der Waals surface area contributed by atoms with Gasteiger partial charge < -0.3 is 5.73 Å². The molecule has 0 saturated heterocycles. The molecule has 0 aliphatic carbocycles. The summed E-state index contributed by atoms with van der Waals surface area (Å²) in [4.78, 5) is -0.236. The van der Waals surface area contributed by atoms with E-state index < -0.39 is 25.9 Å². The molecule has 0 bridgehead atoms. The molecule has 0 fully saturated rings. The lowest BCUT2D eigenvalue weighted by Gasteiger charge is -2.07. The van der Waals surface area contributed by atoms with E-state index in [4.69, 9.17) is 5.73 Å². The van der Waals surface area contributed by atoms with Crippen molar-refractivity contribution in [2.45, 2.75) is 11.3 Å². The Kier molecular flexibility index (Phi) is 5.45. The Balaban J connectivity index is 2.56. The second-order valence-corrected chi connectivity index (χ2v) is 7.70. The zero-order valence-electron chi connectivity index (χ0n) is 10.8. The van der Waals surface area contributed by atoms with Crippen molar-refractivity contribution in [3.8, 4) is 0 Å². The smallest absolute Gasteiger partial charge is 0.240 e. The Labute approximate surface area is 117 Å². The SMILES string of the molecule is CS(=O)(=O)NCCCNS(=O)(=O)c1ccc(N)c(F)c1. The van der Waals surface area contributed by atoms with Gasteiger partial charge in [0.2, 0.25) is 20.0 Å². The minimum Gasteiger partial charge on any atom is -0.396 e. The maximum atomic E-state index is 13.2. The zero-order chi connectivity index (χ0) is 15.4. The summed E-state index contributed by atoms with van der Waals surface area (Å²) in [6.07, 6.45) is 1.28. The fraction of sp³-hybridized carbons (Fsp3) is 0.400. The molecule has 0 aromatic heterocycles. The van der Waals surface area contributed by atoms with E-state index in [1.165, 1.54) is 6.07 Å². The molecule has 114 valence electrons. The van der Waals surface area contributed by atoms with Gasteiger partial charge in [-0.3, -0.25) is 0 Å². The summed E-state index contributed by atoms with van der Waals surface area (Å²) in [7, 11) is -7.13. The van der Waals surface area contributed by atoms with Crippen LogP contribution in [0.5, 0.6) is 0 Å². The van der Waals surface area contributed by atoms with Crippen molar-refractivity contribution in [3.05, 3.63) is 24.0 Å². The van der Waals surface area contributed by atoms with Gasteiger partial charge in [0.1, 0.15) is 5.82 Å². The van der Waals surface area contributed by atoms with Crippen LogP contribution in [0.2, 0.25) is 0 Å². The normalized spacial score (nSPS) is 12.5. The van der Waals surface area contributed by atoms with Crippen molar-refractivity contribution in [1.29, 1.82) is 0 Å². The Morgan fingerprint density at radius 1 is 1.15 bits per heavy atom. The fourth-order valence-electron chi connectivity index (χ4n) is 1.31. The number of nitrogens with one attached hydrogen (secondary N) is 2. The molecule has 0 atom stereocenters. The van der Waals surface area contributed by atoms with Gasteiger partial charge >= 0.3 is 0 Å². The first-order chi connectivity index (χ1) is 9.12. The van der Waals surface area contributed by atoms with E-state index in [0.29, 0.717) is 0 Å². The predicted molar refractivity (Wildman–Crippen MR) is 73.5 cm³/mol. The molecule has 0 radical (unpaired) electrons. The van der Waals surface area contributed by atoms with Crippen molar-refractivity contribution < 1.29 is 21.2 Å². The molecular weight excluding hydrogens is 309 g/mol. The predicted octanol–water partition coefficient (Wildman–Crippen LogP) is -0.374. The zero-order valence-corrected chi connectivity index (χ0v) is 12.4. The number of halogens is 1. The number of benzene rings is 1. The lowest BCUT2D eigenvalue weighted by atomic mass is 10.3. The summed E-state index contributed by atoms with van der Waals surface area (Å²) < 4.78 is 62.8. The van der Waals surface area contributed by atoms with Gasteiger partial charge in [-0.1, -0.05) is 0 Å². The standard InChI is InChI=1S/C10H16FN3O4S2/c1-19(15,16)13-5-2-6-14-20(17,18)8-3-4-10(12)9(11)7-8/h3-4,7,13-14H,2,5-6,12H2,1H3. The molecule has 10 heteroatoms. The van der Waals surface area contributed by atoms with Gasteiger partial charge in [-0.25, -0.2) is 30.7 Å². The Morgan fingerprint density at radius 3 is 2.30 bits per heavy atom. The van der Waals surface area contributed by atoms with E-state index in [2.05, 4.69) is 9.44 Å². The van der Waals surface area contributed by atoms with E-state index in [1.807, 2.05) is 0 Å². The number of rotatable bonds is 7. The van der Waals surface area contributed by atoms with Crippen molar-refractivity contribution in [1.82, 2.24) is 9.44 Å². The van der Waals surface area contributed by atoms with Gasteiger partial charge in [-0.05, 0) is 24.6 Å². The summed E-state index contributed by atoms with van der Waals surface area (Å²) >= 11 is 0. The quantitative estimate of drug-likeness (QED) is 0.467. The summed E-state index contributed by atoms with van der Waals surface area (Å²) in [5.74, 6) is -0.813. The van der Waals surface area contributed by atoms with E-state index in [1.54, 1.807) is 0 Å². The molecule has 1 aromatic rings. The second kappa shape index (κ2) is 6.48. The van der Waals surface area contributed by atoms with Crippen molar-refractivity contribution in [2.75, 3.05) is 25.1 Å². The van der Waals surface area contributed by atoms with Gasteiger partial charge in [0.15, 0.2) is 0 Å². The molecular formula is C10H16FN3O4S2. The first kappa shape index (κ1) is 16.8. The van der Waals surface area contributed by atoms with E-state index in [-0.39, 0.29) is 30.1 Å². The van der Waals surface area contributed by atoms with E-state index in [0.717, 1.165) is 18.4 Å². The topological polar surface area (TPSA) is 118 Å². The van der Waals surface area contributed by atoms with Crippen molar-refractivity contribution >= 4 is 25.7 Å². The first-order valence-electron chi connectivity index (χ1n) is 5.61. The van der Waals surface area contributed by atoms with Crippen LogP contribution >= 0.6 is 0 Å². The molecule has 20 heavy (non-hydrogen) atoms. The third kappa shape index (κ3) is 5.41. The molecule has 0 amide bonds. The Morgan fingerprint density at radius 2 is 1.75 bits per heavy atom. The van der Waals surface area contributed by atoms with Crippen LogP contribution < -0.4 is 15.2 Å². The first-order valence-corrected chi connectivity index (χ1v) is 8.98. The molecule has 0 spiro atoms. The number of nitrogen functional groups attached to an aromatic ring is 1. The van der Waals surface area contributed by atoms with Gasteiger partial charge in [-0.2, -0.15) is 0 Å². The highest BCUT2D eigenvalue weighted by molar-refractivity contribution is 7.89. The summed E-state index contributed by atoms with van der Waals surface area (Å²) in [5.41, 5.74) is 5.12. The molecule has 7 nitrogen and oxygen atoms in total. The average Bonchev–Trinajstić information content (AvgIpc) is 2.30. The Hall–Kier alpha value is -1.23. The molecule has 0 heterocycles. The number of sulfonamides is 2. The third-order valence-electron chi connectivity index (χ3n) is 2.29. The van der Waals surface area contributed by atoms with Gasteiger partial charge in [-0.15, -0.1) is 0 Å². The molecule has 0 unspecified atom stereocenters. The van der Waals surface area contributed by atoms with Crippen LogP contribution in [0.25, 0.3) is 0 Å². The molecule has 0 aliphatic heterocycles. The van der Waals surface area contributed by atoms with Gasteiger partial charge in [0.05, 0.1) is 16.8 Å². The van der Waals surface area contributed by atoms with Gasteiger partial charge in [0, 0.05) is 13.1 Å². The average molecular weight is 325 g/mol. The molecule has 1 aromatic carbocycles. The summed E-state index contributed by atoms with van der Waals surface area (Å²) in [6, 6.07) is 3.18. The van der Waals surface area contributed by atoms with Gasteiger partial charge in [0.25, 0.3) is 0 Å². The van der Waals surface area contributed by atoms with Crippen LogP contribution in [0.4, 0.5) is 10.1 Å². The summed E-state index contributed by atoms with van der Waals surface area (Å²) in [6.45, 7) is 0.133. The molecule has 4 N–H and O–H groups in total. The Bertz CT molecular complexity index is 674. The monoisotopic (exact) mass is 325 g/mol. The maximum Gasteiger partial charge on any atom is 0.240 e. The lowest BCUT2D eigenvalue weighted by Crippen LogP contribution is -2.29. The highest BCUT2D eigenvalue weighted by Gasteiger charge is 2.15. The lowest BCUT2D eigenvalue weighted by molar-refractivity contribution is 0.572. The number of anilines is 1. The van der Waals surface area contributed by atoms with Crippen LogP contribution in [0, 0.1) is 5.82 Å². The molecule has 0 aliphatic rings. The van der Waals surface area contributed by atoms with Crippen molar-refractivity contribution in [2.24, 2.45) is 0 Å². The third-order valence-corrected chi connectivity index (χ3v) is 4.48. The molecule has 0 saturated carbocycles. The fourth-order valence-corrected chi connectivity index (χ4v) is 2.91. The van der Waals surface area contributed by atoms with E-state index in [9.17, 15) is 21.2 Å². The minimum absolute atomic E-state index is 0.0247. The number of nitrogens with two attached hydrogens (primary N) is 1. The highest BCUT2D eigenvalue weighted by atomic mass is 32.2.